The van der Waals surface area contributed by atoms with Gasteiger partial charge in [-0.25, -0.2) is 4.39 Å². The van der Waals surface area contributed by atoms with Crippen molar-refractivity contribution >= 4 is 5.97 Å². The number of carboxylic acids is 1. The van der Waals surface area contributed by atoms with Crippen LogP contribution in [0.5, 0.6) is 0 Å². The summed E-state index contributed by atoms with van der Waals surface area (Å²) in [6, 6.07) is 7.21. The van der Waals surface area contributed by atoms with Crippen molar-refractivity contribution in [3.63, 3.8) is 0 Å². The predicted molar refractivity (Wildman–Crippen MR) is 51.6 cm³/mol. The second-order valence-corrected chi connectivity index (χ2v) is 3.29. The molecule has 0 aliphatic carbocycles. The molecule has 0 amide bonds. The van der Waals surface area contributed by atoms with Gasteiger partial charge in [0.2, 0.25) is 0 Å². The lowest BCUT2D eigenvalue weighted by atomic mass is 9.89. The first kappa shape index (κ1) is 11.2. The van der Waals surface area contributed by atoms with E-state index in [1.807, 2.05) is 0 Å². The topological polar surface area (TPSA) is 61.1 Å². The molecule has 15 heavy (non-hydrogen) atoms. The Labute approximate surface area is 86.8 Å². The molecule has 0 spiro atoms. The molecule has 2 atom stereocenters. The van der Waals surface area contributed by atoms with Crippen LogP contribution in [0.4, 0.5) is 4.39 Å². The van der Waals surface area contributed by atoms with Crippen LogP contribution in [0.15, 0.2) is 24.3 Å². The third kappa shape index (κ3) is 2.53. The van der Waals surface area contributed by atoms with Crippen LogP contribution < -0.4 is 0 Å². The Balaban J connectivity index is 2.93. The SMILES string of the molecule is CC(c1ccc(F)cc1)C(C#N)C(=O)O. The van der Waals surface area contributed by atoms with E-state index in [9.17, 15) is 9.18 Å². The van der Waals surface area contributed by atoms with Gasteiger partial charge in [-0.05, 0) is 17.7 Å². The van der Waals surface area contributed by atoms with Gasteiger partial charge in [0.1, 0.15) is 11.7 Å². The van der Waals surface area contributed by atoms with Crippen LogP contribution >= 0.6 is 0 Å². The van der Waals surface area contributed by atoms with Crippen LogP contribution in [0, 0.1) is 23.1 Å². The van der Waals surface area contributed by atoms with Gasteiger partial charge in [-0.2, -0.15) is 5.26 Å². The second-order valence-electron chi connectivity index (χ2n) is 3.29. The zero-order chi connectivity index (χ0) is 11.4. The first-order valence-corrected chi connectivity index (χ1v) is 4.44. The smallest absolute Gasteiger partial charge is 0.321 e. The van der Waals surface area contributed by atoms with Crippen molar-refractivity contribution in [2.45, 2.75) is 12.8 Å². The Bertz CT molecular complexity index is 394. The van der Waals surface area contributed by atoms with Gasteiger partial charge >= 0.3 is 5.97 Å². The molecule has 4 heteroatoms. The molecule has 0 saturated carbocycles. The summed E-state index contributed by atoms with van der Waals surface area (Å²) in [6.07, 6.45) is 0. The molecule has 0 heterocycles. The minimum Gasteiger partial charge on any atom is -0.480 e. The summed E-state index contributed by atoms with van der Waals surface area (Å²) in [7, 11) is 0. The molecule has 1 N–H and O–H groups in total. The Morgan fingerprint density at radius 3 is 2.40 bits per heavy atom. The lowest BCUT2D eigenvalue weighted by Crippen LogP contribution is -2.18. The number of hydrogen-bond acceptors (Lipinski definition) is 2. The molecule has 0 radical (unpaired) electrons. The Morgan fingerprint density at radius 2 is 2.00 bits per heavy atom. The first-order chi connectivity index (χ1) is 7.06. The van der Waals surface area contributed by atoms with Gasteiger partial charge in [0, 0.05) is 5.92 Å². The Morgan fingerprint density at radius 1 is 1.47 bits per heavy atom. The number of carbonyl (C=O) groups is 1. The van der Waals surface area contributed by atoms with Gasteiger partial charge in [0.05, 0.1) is 6.07 Å². The van der Waals surface area contributed by atoms with Crippen LogP contribution in [0.1, 0.15) is 18.4 Å². The molecule has 0 aliphatic rings. The van der Waals surface area contributed by atoms with E-state index >= 15 is 0 Å². The quantitative estimate of drug-likeness (QED) is 0.826. The highest BCUT2D eigenvalue weighted by atomic mass is 19.1. The number of carboxylic acid groups (broad SMARTS) is 1. The minimum absolute atomic E-state index is 0.380. The van der Waals surface area contributed by atoms with Gasteiger partial charge in [-0.15, -0.1) is 0 Å². The number of halogens is 1. The van der Waals surface area contributed by atoms with Gasteiger partial charge < -0.3 is 5.11 Å². The van der Waals surface area contributed by atoms with Crippen molar-refractivity contribution in [2.24, 2.45) is 5.92 Å². The van der Waals surface area contributed by atoms with E-state index in [-0.39, 0.29) is 5.82 Å². The van der Waals surface area contributed by atoms with Crippen LogP contribution in [0.2, 0.25) is 0 Å². The summed E-state index contributed by atoms with van der Waals surface area (Å²) in [5.74, 6) is -3.09. The van der Waals surface area contributed by atoms with Crippen molar-refractivity contribution in [2.75, 3.05) is 0 Å². The molecule has 0 saturated heterocycles. The zero-order valence-corrected chi connectivity index (χ0v) is 8.14. The van der Waals surface area contributed by atoms with Crippen molar-refractivity contribution in [3.05, 3.63) is 35.6 Å². The number of aliphatic carboxylic acids is 1. The number of nitrogens with zero attached hydrogens (tertiary/aromatic N) is 1. The van der Waals surface area contributed by atoms with E-state index in [1.54, 1.807) is 13.0 Å². The van der Waals surface area contributed by atoms with E-state index in [1.165, 1.54) is 24.3 Å². The highest BCUT2D eigenvalue weighted by Crippen LogP contribution is 2.24. The third-order valence-corrected chi connectivity index (χ3v) is 2.30. The number of hydrogen-bond donors (Lipinski definition) is 1. The van der Waals surface area contributed by atoms with Crippen LogP contribution in [0.25, 0.3) is 0 Å². The lowest BCUT2D eigenvalue weighted by Gasteiger charge is -2.13. The maximum absolute atomic E-state index is 12.6. The van der Waals surface area contributed by atoms with Crippen molar-refractivity contribution in [1.29, 1.82) is 5.26 Å². The zero-order valence-electron chi connectivity index (χ0n) is 8.14. The Hall–Kier alpha value is -1.89. The second kappa shape index (κ2) is 4.56. The average Bonchev–Trinajstić information content (AvgIpc) is 2.19. The van der Waals surface area contributed by atoms with E-state index in [2.05, 4.69) is 0 Å². The highest BCUT2D eigenvalue weighted by molar-refractivity contribution is 5.74. The number of rotatable bonds is 3. The fraction of sp³-hybridized carbons (Fsp3) is 0.273. The monoisotopic (exact) mass is 207 g/mol. The summed E-state index contributed by atoms with van der Waals surface area (Å²) in [4.78, 5) is 10.7. The van der Waals surface area contributed by atoms with Gasteiger partial charge in [0.15, 0.2) is 0 Å². The fourth-order valence-corrected chi connectivity index (χ4v) is 1.34. The summed E-state index contributed by atoms with van der Waals surface area (Å²) in [5, 5.41) is 17.4. The van der Waals surface area contributed by atoms with Crippen molar-refractivity contribution in [1.82, 2.24) is 0 Å². The third-order valence-electron chi connectivity index (χ3n) is 2.30. The van der Waals surface area contributed by atoms with E-state index in [0.717, 1.165) is 0 Å². The van der Waals surface area contributed by atoms with Crippen molar-refractivity contribution in [3.8, 4) is 6.07 Å². The van der Waals surface area contributed by atoms with Crippen molar-refractivity contribution < 1.29 is 14.3 Å². The van der Waals surface area contributed by atoms with Crippen LogP contribution in [-0.2, 0) is 4.79 Å². The lowest BCUT2D eigenvalue weighted by molar-refractivity contribution is -0.140. The van der Waals surface area contributed by atoms with Gasteiger partial charge in [0.25, 0.3) is 0 Å². The normalized spacial score (nSPS) is 13.9. The number of nitriles is 1. The highest BCUT2D eigenvalue weighted by Gasteiger charge is 2.25. The largest absolute Gasteiger partial charge is 0.480 e. The van der Waals surface area contributed by atoms with Crippen LogP contribution in [0.3, 0.4) is 0 Å². The molecule has 78 valence electrons. The summed E-state index contributed by atoms with van der Waals surface area (Å²) < 4.78 is 12.6. The van der Waals surface area contributed by atoms with E-state index in [4.69, 9.17) is 10.4 Å². The van der Waals surface area contributed by atoms with Gasteiger partial charge in [-0.3, -0.25) is 4.79 Å². The Kier molecular flexibility index (Phi) is 3.40. The summed E-state index contributed by atoms with van der Waals surface area (Å²) >= 11 is 0. The minimum atomic E-state index is -1.16. The molecule has 2 unspecified atom stereocenters. The molecule has 0 aromatic heterocycles. The van der Waals surface area contributed by atoms with Crippen LogP contribution in [-0.4, -0.2) is 11.1 Å². The molecule has 0 aliphatic heterocycles. The molecular formula is C11H10FNO2. The fourth-order valence-electron chi connectivity index (χ4n) is 1.34. The first-order valence-electron chi connectivity index (χ1n) is 4.44. The summed E-state index contributed by atoms with van der Waals surface area (Å²) in [5.41, 5.74) is 0.644. The summed E-state index contributed by atoms with van der Waals surface area (Å²) in [6.45, 7) is 1.63. The molecule has 1 aromatic carbocycles. The predicted octanol–water partition coefficient (Wildman–Crippen LogP) is 2.15. The maximum Gasteiger partial charge on any atom is 0.321 e. The standard InChI is InChI=1S/C11H10FNO2/c1-7(10(6-13)11(14)15)8-2-4-9(12)5-3-8/h2-5,7,10H,1H3,(H,14,15). The molecule has 0 fully saturated rings. The molecule has 3 nitrogen and oxygen atoms in total. The molecular weight excluding hydrogens is 197 g/mol. The molecule has 1 aromatic rings. The maximum atomic E-state index is 12.6. The molecule has 0 bridgehead atoms. The van der Waals surface area contributed by atoms with E-state index < -0.39 is 17.8 Å². The van der Waals surface area contributed by atoms with Gasteiger partial charge in [-0.1, -0.05) is 19.1 Å². The number of benzene rings is 1. The molecule has 1 rings (SSSR count). The van der Waals surface area contributed by atoms with E-state index in [0.29, 0.717) is 5.56 Å². The average molecular weight is 207 g/mol.